The molecule has 10 heteroatoms. The Morgan fingerprint density at radius 2 is 1.71 bits per heavy atom. The van der Waals surface area contributed by atoms with Gasteiger partial charge in [0.15, 0.2) is 0 Å². The molecule has 2 aromatic carbocycles. The fourth-order valence-corrected chi connectivity index (χ4v) is 4.56. The van der Waals surface area contributed by atoms with E-state index in [9.17, 15) is 18.0 Å². The maximum absolute atomic E-state index is 13.5. The van der Waals surface area contributed by atoms with E-state index in [0.29, 0.717) is 41.6 Å². The first-order chi connectivity index (χ1) is 16.1. The van der Waals surface area contributed by atoms with E-state index in [1.54, 1.807) is 62.4 Å². The third kappa shape index (κ3) is 7.36. The molecule has 0 spiro atoms. The van der Waals surface area contributed by atoms with Crippen molar-refractivity contribution < 1.29 is 22.7 Å². The van der Waals surface area contributed by atoms with E-state index in [2.05, 4.69) is 5.32 Å². The van der Waals surface area contributed by atoms with Gasteiger partial charge in [-0.05, 0) is 56.2 Å². The highest BCUT2D eigenvalue weighted by atomic mass is 35.5. The number of halogens is 1. The molecule has 0 aromatic heterocycles. The third-order valence-corrected chi connectivity index (χ3v) is 6.66. The molecule has 0 saturated carbocycles. The van der Waals surface area contributed by atoms with Gasteiger partial charge in [0.2, 0.25) is 21.8 Å². The summed E-state index contributed by atoms with van der Waals surface area (Å²) < 4.78 is 31.7. The quantitative estimate of drug-likeness (QED) is 0.472. The number of carbonyl (C=O) groups excluding carboxylic acids is 2. The van der Waals surface area contributed by atoms with E-state index < -0.39 is 28.5 Å². The van der Waals surface area contributed by atoms with Crippen molar-refractivity contribution >= 4 is 39.1 Å². The Bertz CT molecular complexity index is 1080. The predicted molar refractivity (Wildman–Crippen MR) is 135 cm³/mol. The molecule has 186 valence electrons. The number of nitrogens with zero attached hydrogens (tertiary/aromatic N) is 2. The van der Waals surface area contributed by atoms with Gasteiger partial charge in [-0.1, -0.05) is 36.7 Å². The molecule has 2 rings (SSSR count). The summed E-state index contributed by atoms with van der Waals surface area (Å²) in [4.78, 5) is 27.7. The lowest BCUT2D eigenvalue weighted by atomic mass is 10.1. The van der Waals surface area contributed by atoms with Crippen LogP contribution in [0.2, 0.25) is 5.02 Å². The lowest BCUT2D eigenvalue weighted by molar-refractivity contribution is -0.140. The molecule has 34 heavy (non-hydrogen) atoms. The minimum absolute atomic E-state index is 0.0645. The van der Waals surface area contributed by atoms with E-state index in [1.807, 2.05) is 6.92 Å². The van der Waals surface area contributed by atoms with E-state index in [0.717, 1.165) is 10.6 Å². The molecule has 0 heterocycles. The largest absolute Gasteiger partial charge is 0.494 e. The average molecular weight is 510 g/mol. The highest BCUT2D eigenvalue weighted by molar-refractivity contribution is 7.92. The summed E-state index contributed by atoms with van der Waals surface area (Å²) in [6, 6.07) is 12.7. The van der Waals surface area contributed by atoms with E-state index >= 15 is 0 Å². The van der Waals surface area contributed by atoms with Crippen molar-refractivity contribution in [1.82, 2.24) is 10.2 Å². The number of benzene rings is 2. The lowest BCUT2D eigenvalue weighted by Crippen LogP contribution is -2.52. The average Bonchev–Trinajstić information content (AvgIpc) is 2.79. The molecule has 0 unspecified atom stereocenters. The second kappa shape index (κ2) is 12.6. The number of likely N-dealkylation sites (N-methyl/N-ethyl adjacent to an activating group) is 1. The molecule has 8 nitrogen and oxygen atoms in total. The lowest BCUT2D eigenvalue weighted by Gasteiger charge is -2.33. The molecule has 0 aliphatic rings. The molecule has 0 saturated heterocycles. The smallest absolute Gasteiger partial charge is 0.244 e. The number of ether oxygens (including phenoxy) is 1. The van der Waals surface area contributed by atoms with Crippen LogP contribution < -0.4 is 14.4 Å². The molecule has 0 aliphatic carbocycles. The van der Waals surface area contributed by atoms with Gasteiger partial charge in [-0.2, -0.15) is 0 Å². The van der Waals surface area contributed by atoms with E-state index in [4.69, 9.17) is 16.3 Å². The fraction of sp³-hybridized carbons (Fsp3) is 0.417. The third-order valence-electron chi connectivity index (χ3n) is 5.15. The van der Waals surface area contributed by atoms with Gasteiger partial charge in [0.05, 0.1) is 18.6 Å². The second-order valence-corrected chi connectivity index (χ2v) is 9.94. The first-order valence-corrected chi connectivity index (χ1v) is 13.4. The van der Waals surface area contributed by atoms with Crippen LogP contribution in [0.5, 0.6) is 5.75 Å². The van der Waals surface area contributed by atoms with Crippen LogP contribution in [-0.2, 0) is 26.2 Å². The van der Waals surface area contributed by atoms with Gasteiger partial charge in [0.25, 0.3) is 0 Å². The molecule has 2 amide bonds. The standard InChI is InChI=1S/C24H32ClN3O5S/c1-5-22(24(30)26-6-2)27(16-18-10-8-9-11-21(18)25)23(29)17-28(34(4,31)32)19-12-14-20(15-13-19)33-7-3/h8-15,22H,5-7,16-17H2,1-4H3,(H,26,30)/t22-/m1/s1. The molecule has 1 atom stereocenters. The van der Waals surface area contributed by atoms with Crippen molar-refractivity contribution in [2.45, 2.75) is 39.8 Å². The van der Waals surface area contributed by atoms with Crippen LogP contribution in [0.3, 0.4) is 0 Å². The molecular weight excluding hydrogens is 478 g/mol. The summed E-state index contributed by atoms with van der Waals surface area (Å²) in [6.45, 7) is 5.92. The predicted octanol–water partition coefficient (Wildman–Crippen LogP) is 3.45. The number of hydrogen-bond acceptors (Lipinski definition) is 5. The van der Waals surface area contributed by atoms with E-state index in [-0.39, 0.29) is 12.5 Å². The van der Waals surface area contributed by atoms with Gasteiger partial charge in [-0.25, -0.2) is 8.42 Å². The van der Waals surface area contributed by atoms with Crippen LogP contribution in [0.25, 0.3) is 0 Å². The zero-order valence-corrected chi connectivity index (χ0v) is 21.5. The molecular formula is C24H32ClN3O5S. The van der Waals surface area contributed by atoms with Gasteiger partial charge >= 0.3 is 0 Å². The summed E-state index contributed by atoms with van der Waals surface area (Å²) in [6.07, 6.45) is 1.39. The zero-order valence-electron chi connectivity index (χ0n) is 20.0. The number of anilines is 1. The molecule has 0 aliphatic heterocycles. The van der Waals surface area contributed by atoms with Crippen LogP contribution in [0.4, 0.5) is 5.69 Å². The summed E-state index contributed by atoms with van der Waals surface area (Å²) in [7, 11) is -3.80. The van der Waals surface area contributed by atoms with Crippen molar-refractivity contribution in [2.24, 2.45) is 0 Å². The highest BCUT2D eigenvalue weighted by Crippen LogP contribution is 2.24. The topological polar surface area (TPSA) is 96.0 Å². The zero-order chi connectivity index (χ0) is 25.3. The van der Waals surface area contributed by atoms with Gasteiger partial charge in [0.1, 0.15) is 18.3 Å². The van der Waals surface area contributed by atoms with Crippen LogP contribution in [0.1, 0.15) is 32.8 Å². The Kier molecular flexibility index (Phi) is 10.2. The minimum atomic E-state index is -3.80. The number of amides is 2. The Morgan fingerprint density at radius 3 is 2.24 bits per heavy atom. The highest BCUT2D eigenvalue weighted by Gasteiger charge is 2.31. The number of carbonyl (C=O) groups is 2. The first-order valence-electron chi connectivity index (χ1n) is 11.1. The van der Waals surface area contributed by atoms with Crippen molar-refractivity contribution in [3.05, 3.63) is 59.1 Å². The Hall–Kier alpha value is -2.78. The number of sulfonamides is 1. The van der Waals surface area contributed by atoms with Crippen molar-refractivity contribution in [2.75, 3.05) is 30.3 Å². The monoisotopic (exact) mass is 509 g/mol. The van der Waals surface area contributed by atoms with Gasteiger partial charge in [0, 0.05) is 18.1 Å². The fourth-order valence-electron chi connectivity index (χ4n) is 3.51. The molecule has 0 radical (unpaired) electrons. The number of rotatable bonds is 12. The Balaban J connectivity index is 2.42. The Morgan fingerprint density at radius 1 is 1.06 bits per heavy atom. The maximum atomic E-state index is 13.5. The van der Waals surface area contributed by atoms with Gasteiger partial charge in [-0.3, -0.25) is 13.9 Å². The number of nitrogens with one attached hydrogen (secondary N) is 1. The van der Waals surface area contributed by atoms with Crippen molar-refractivity contribution in [3.63, 3.8) is 0 Å². The summed E-state index contributed by atoms with van der Waals surface area (Å²) >= 11 is 6.32. The minimum Gasteiger partial charge on any atom is -0.494 e. The maximum Gasteiger partial charge on any atom is 0.244 e. The van der Waals surface area contributed by atoms with Crippen LogP contribution in [-0.4, -0.2) is 57.1 Å². The molecule has 1 N–H and O–H groups in total. The van der Waals surface area contributed by atoms with Gasteiger partial charge in [-0.15, -0.1) is 0 Å². The molecule has 2 aromatic rings. The van der Waals surface area contributed by atoms with Crippen molar-refractivity contribution in [1.29, 1.82) is 0 Å². The summed E-state index contributed by atoms with van der Waals surface area (Å²) in [5.74, 6) is -0.233. The summed E-state index contributed by atoms with van der Waals surface area (Å²) in [5.41, 5.74) is 0.982. The number of hydrogen-bond donors (Lipinski definition) is 1. The van der Waals surface area contributed by atoms with Crippen LogP contribution >= 0.6 is 11.6 Å². The SMILES string of the molecule is CCNC(=O)[C@@H](CC)N(Cc1ccccc1Cl)C(=O)CN(c1ccc(OCC)cc1)S(C)(=O)=O. The molecule has 0 fully saturated rings. The first kappa shape index (κ1) is 27.5. The normalized spacial score (nSPS) is 12.0. The Labute approximate surface area is 206 Å². The van der Waals surface area contributed by atoms with Crippen molar-refractivity contribution in [3.8, 4) is 5.75 Å². The summed E-state index contributed by atoms with van der Waals surface area (Å²) in [5, 5.41) is 3.21. The molecule has 0 bridgehead atoms. The van der Waals surface area contributed by atoms with E-state index in [1.165, 1.54) is 4.90 Å². The second-order valence-electron chi connectivity index (χ2n) is 7.63. The van der Waals surface area contributed by atoms with Gasteiger partial charge < -0.3 is 15.0 Å². The van der Waals surface area contributed by atoms with Crippen LogP contribution in [0.15, 0.2) is 48.5 Å². The van der Waals surface area contributed by atoms with Crippen LogP contribution in [0, 0.1) is 0 Å².